The summed E-state index contributed by atoms with van der Waals surface area (Å²) in [5.74, 6) is 0.755. The maximum atomic E-state index is 11.5. The van der Waals surface area contributed by atoms with Crippen molar-refractivity contribution in [2.75, 3.05) is 46.0 Å². The number of hydrogen-bond acceptors (Lipinski definition) is 4. The Morgan fingerprint density at radius 3 is 1.96 bits per heavy atom. The molecule has 25 heavy (non-hydrogen) atoms. The number of guanidine groups is 1. The van der Waals surface area contributed by atoms with Gasteiger partial charge in [0.2, 0.25) is 10.0 Å². The van der Waals surface area contributed by atoms with Gasteiger partial charge in [0.25, 0.3) is 0 Å². The lowest BCUT2D eigenvalue weighted by atomic mass is 10.2. The van der Waals surface area contributed by atoms with E-state index in [-0.39, 0.29) is 24.0 Å². The lowest BCUT2D eigenvalue weighted by Crippen LogP contribution is -2.45. The summed E-state index contributed by atoms with van der Waals surface area (Å²) in [5, 5.41) is 6.54. The van der Waals surface area contributed by atoms with Crippen LogP contribution in [0.4, 0.5) is 0 Å². The van der Waals surface area contributed by atoms with Crippen LogP contribution in [0.15, 0.2) is 4.99 Å². The Hall–Kier alpha value is -0.130. The number of aliphatic imine (C=N–C) groups is 1. The Bertz CT molecular complexity index is 461. The van der Waals surface area contributed by atoms with Crippen LogP contribution in [0.3, 0.4) is 0 Å². The Kier molecular flexibility index (Phi) is 15.2. The van der Waals surface area contributed by atoms with Crippen molar-refractivity contribution in [2.24, 2.45) is 4.99 Å². The highest BCUT2D eigenvalue weighted by atomic mass is 127. The molecule has 0 aliphatic rings. The average molecular weight is 491 g/mol. The number of hydrogen-bond donors (Lipinski definition) is 2. The molecule has 0 spiro atoms. The van der Waals surface area contributed by atoms with E-state index in [0.29, 0.717) is 31.7 Å². The molecule has 0 unspecified atom stereocenters. The first kappa shape index (κ1) is 27.1. The predicted octanol–water partition coefficient (Wildman–Crippen LogP) is 1.56. The standard InChI is InChI=1S/C16H37N5O2S.HI/c1-8-20(24(7,22)23)12-9-10-18-16(17-6)19-11-13-21(14(2)3)15(4)5;/h14-15H,8-13H2,1-7H3,(H2,17,18,19);1H. The number of nitrogens with one attached hydrogen (secondary N) is 2. The van der Waals surface area contributed by atoms with Gasteiger partial charge in [-0.1, -0.05) is 6.92 Å². The molecule has 0 bridgehead atoms. The number of nitrogens with zero attached hydrogens (tertiary/aromatic N) is 3. The van der Waals surface area contributed by atoms with E-state index >= 15 is 0 Å². The molecule has 0 aromatic heterocycles. The van der Waals surface area contributed by atoms with Crippen molar-refractivity contribution in [3.8, 4) is 0 Å². The first-order chi connectivity index (χ1) is 11.1. The molecular weight excluding hydrogens is 453 g/mol. The summed E-state index contributed by atoms with van der Waals surface area (Å²) in [5.41, 5.74) is 0. The zero-order chi connectivity index (χ0) is 18.8. The Morgan fingerprint density at radius 1 is 1.04 bits per heavy atom. The molecule has 0 saturated carbocycles. The lowest BCUT2D eigenvalue weighted by molar-refractivity contribution is 0.178. The van der Waals surface area contributed by atoms with Gasteiger partial charge in [-0.3, -0.25) is 9.89 Å². The highest BCUT2D eigenvalue weighted by Crippen LogP contribution is 2.03. The van der Waals surface area contributed by atoms with E-state index in [0.717, 1.165) is 25.5 Å². The average Bonchev–Trinajstić information content (AvgIpc) is 2.46. The zero-order valence-corrected chi connectivity index (χ0v) is 20.0. The normalized spacial score (nSPS) is 12.8. The van der Waals surface area contributed by atoms with Gasteiger partial charge in [0.15, 0.2) is 5.96 Å². The van der Waals surface area contributed by atoms with Gasteiger partial charge in [-0.15, -0.1) is 24.0 Å². The summed E-state index contributed by atoms with van der Waals surface area (Å²) in [6.45, 7) is 14.1. The second-order valence-electron chi connectivity index (χ2n) is 6.46. The largest absolute Gasteiger partial charge is 0.356 e. The van der Waals surface area contributed by atoms with Crippen LogP contribution in [-0.4, -0.2) is 81.7 Å². The fourth-order valence-corrected chi connectivity index (χ4v) is 3.59. The number of halogens is 1. The Balaban J connectivity index is 0. The van der Waals surface area contributed by atoms with Crippen molar-refractivity contribution in [3.63, 3.8) is 0 Å². The molecule has 0 aliphatic heterocycles. The van der Waals surface area contributed by atoms with Crippen LogP contribution in [0.1, 0.15) is 41.0 Å². The topological polar surface area (TPSA) is 77.0 Å². The summed E-state index contributed by atoms with van der Waals surface area (Å²) in [6, 6.07) is 1.02. The molecule has 0 amide bonds. The van der Waals surface area contributed by atoms with E-state index in [2.05, 4.69) is 48.2 Å². The predicted molar refractivity (Wildman–Crippen MR) is 118 cm³/mol. The minimum atomic E-state index is -3.11. The van der Waals surface area contributed by atoms with E-state index in [4.69, 9.17) is 0 Å². The van der Waals surface area contributed by atoms with Crippen LogP contribution < -0.4 is 10.6 Å². The molecule has 0 saturated heterocycles. The van der Waals surface area contributed by atoms with Crippen molar-refractivity contribution in [3.05, 3.63) is 0 Å². The number of sulfonamides is 1. The van der Waals surface area contributed by atoms with Crippen LogP contribution in [0.5, 0.6) is 0 Å². The minimum Gasteiger partial charge on any atom is -0.356 e. The Morgan fingerprint density at radius 2 is 1.56 bits per heavy atom. The van der Waals surface area contributed by atoms with Crippen LogP contribution in [0, 0.1) is 0 Å². The fourth-order valence-electron chi connectivity index (χ4n) is 2.66. The summed E-state index contributed by atoms with van der Waals surface area (Å²) in [7, 11) is -1.36. The van der Waals surface area contributed by atoms with Gasteiger partial charge >= 0.3 is 0 Å². The highest BCUT2D eigenvalue weighted by molar-refractivity contribution is 14.0. The smallest absolute Gasteiger partial charge is 0.211 e. The molecule has 152 valence electrons. The first-order valence-electron chi connectivity index (χ1n) is 8.78. The summed E-state index contributed by atoms with van der Waals surface area (Å²) in [4.78, 5) is 6.63. The maximum absolute atomic E-state index is 11.5. The summed E-state index contributed by atoms with van der Waals surface area (Å²) in [6.07, 6.45) is 1.99. The third-order valence-electron chi connectivity index (χ3n) is 3.91. The van der Waals surface area contributed by atoms with Gasteiger partial charge < -0.3 is 10.6 Å². The van der Waals surface area contributed by atoms with Gasteiger partial charge in [-0.2, -0.15) is 0 Å². The van der Waals surface area contributed by atoms with Crippen LogP contribution in [0.2, 0.25) is 0 Å². The minimum absolute atomic E-state index is 0. The number of rotatable bonds is 11. The van der Waals surface area contributed by atoms with Crippen LogP contribution in [0.25, 0.3) is 0 Å². The second kappa shape index (κ2) is 14.0. The van der Waals surface area contributed by atoms with E-state index in [1.54, 1.807) is 7.05 Å². The third-order valence-corrected chi connectivity index (χ3v) is 5.29. The second-order valence-corrected chi connectivity index (χ2v) is 8.44. The third kappa shape index (κ3) is 12.0. The fraction of sp³-hybridized carbons (Fsp3) is 0.938. The van der Waals surface area contributed by atoms with Crippen molar-refractivity contribution in [1.82, 2.24) is 19.8 Å². The van der Waals surface area contributed by atoms with E-state index < -0.39 is 10.0 Å². The molecule has 0 aliphatic carbocycles. The molecule has 2 N–H and O–H groups in total. The van der Waals surface area contributed by atoms with Crippen molar-refractivity contribution >= 4 is 40.0 Å². The van der Waals surface area contributed by atoms with Gasteiger partial charge in [-0.25, -0.2) is 12.7 Å². The van der Waals surface area contributed by atoms with Crippen molar-refractivity contribution < 1.29 is 8.42 Å². The Labute approximate surface area is 172 Å². The SMILES string of the molecule is CCN(CCCNC(=NC)NCCN(C(C)C)C(C)C)S(C)(=O)=O.I. The molecule has 7 nitrogen and oxygen atoms in total. The lowest BCUT2D eigenvalue weighted by Gasteiger charge is -2.30. The molecule has 0 aromatic rings. The molecule has 0 heterocycles. The van der Waals surface area contributed by atoms with E-state index in [1.807, 2.05) is 6.92 Å². The molecule has 0 aromatic carbocycles. The molecular formula is C16H38IN5O2S. The van der Waals surface area contributed by atoms with Gasteiger partial charge in [0, 0.05) is 51.9 Å². The first-order valence-corrected chi connectivity index (χ1v) is 10.6. The molecule has 0 atom stereocenters. The highest BCUT2D eigenvalue weighted by Gasteiger charge is 2.14. The maximum Gasteiger partial charge on any atom is 0.211 e. The zero-order valence-electron chi connectivity index (χ0n) is 16.9. The van der Waals surface area contributed by atoms with Gasteiger partial charge in [0.1, 0.15) is 0 Å². The van der Waals surface area contributed by atoms with Crippen LogP contribution >= 0.6 is 24.0 Å². The summed E-state index contributed by atoms with van der Waals surface area (Å²) < 4.78 is 24.5. The summed E-state index contributed by atoms with van der Waals surface area (Å²) >= 11 is 0. The molecule has 0 fully saturated rings. The quantitative estimate of drug-likeness (QED) is 0.199. The van der Waals surface area contributed by atoms with Gasteiger partial charge in [0.05, 0.1) is 6.26 Å². The monoisotopic (exact) mass is 491 g/mol. The molecule has 0 radical (unpaired) electrons. The van der Waals surface area contributed by atoms with Gasteiger partial charge in [-0.05, 0) is 34.1 Å². The molecule has 0 rings (SSSR count). The van der Waals surface area contributed by atoms with Crippen molar-refractivity contribution in [1.29, 1.82) is 0 Å². The van der Waals surface area contributed by atoms with E-state index in [9.17, 15) is 8.42 Å². The van der Waals surface area contributed by atoms with Crippen LogP contribution in [-0.2, 0) is 10.0 Å². The van der Waals surface area contributed by atoms with E-state index in [1.165, 1.54) is 10.6 Å². The van der Waals surface area contributed by atoms with Crippen molar-refractivity contribution in [2.45, 2.75) is 53.1 Å². The molecule has 9 heteroatoms.